The Morgan fingerprint density at radius 1 is 0.500 bits per heavy atom. The van der Waals surface area contributed by atoms with E-state index in [-0.39, 0.29) is 0 Å². The second-order valence-corrected chi connectivity index (χ2v) is 9.61. The van der Waals surface area contributed by atoms with E-state index >= 15 is 0 Å². The van der Waals surface area contributed by atoms with Crippen molar-refractivity contribution in [1.29, 1.82) is 0 Å². The Bertz CT molecular complexity index is 300. The first kappa shape index (κ1) is 16.8. The Labute approximate surface area is 139 Å². The molecule has 0 aromatic rings. The molecule has 0 amide bonds. The molecule has 0 N–H and O–H groups in total. The summed E-state index contributed by atoms with van der Waals surface area (Å²) in [5.41, 5.74) is 0.681. The van der Waals surface area contributed by atoms with Crippen LogP contribution >= 0.6 is 0 Å². The molecule has 3 saturated carbocycles. The highest BCUT2D eigenvalue weighted by Crippen LogP contribution is 2.57. The summed E-state index contributed by atoms with van der Waals surface area (Å²) in [7, 11) is 0. The van der Waals surface area contributed by atoms with Crippen molar-refractivity contribution in [1.82, 2.24) is 0 Å². The highest BCUT2D eigenvalue weighted by atomic mass is 14.5. The largest absolute Gasteiger partial charge is 0.0625 e. The van der Waals surface area contributed by atoms with Crippen molar-refractivity contribution in [3.05, 3.63) is 0 Å². The van der Waals surface area contributed by atoms with Crippen molar-refractivity contribution in [2.75, 3.05) is 0 Å². The average molecular weight is 305 g/mol. The average Bonchev–Trinajstić information content (AvgIpc) is 2.56. The molecular weight excluding hydrogens is 264 g/mol. The molecule has 0 heterocycles. The van der Waals surface area contributed by atoms with Crippen LogP contribution in [0.2, 0.25) is 0 Å². The topological polar surface area (TPSA) is 0 Å². The van der Waals surface area contributed by atoms with Gasteiger partial charge in [-0.3, -0.25) is 0 Å². The number of hydrogen-bond acceptors (Lipinski definition) is 0. The van der Waals surface area contributed by atoms with Gasteiger partial charge in [-0.1, -0.05) is 65.7 Å². The molecule has 0 radical (unpaired) electrons. The van der Waals surface area contributed by atoms with E-state index in [2.05, 4.69) is 20.8 Å². The lowest BCUT2D eigenvalue weighted by Gasteiger charge is -2.54. The smallest absolute Gasteiger partial charge is 0.0241 e. The van der Waals surface area contributed by atoms with Crippen LogP contribution in [0.25, 0.3) is 0 Å². The summed E-state index contributed by atoms with van der Waals surface area (Å²) in [5.74, 6) is 5.14. The van der Waals surface area contributed by atoms with Gasteiger partial charge in [0.25, 0.3) is 0 Å². The molecule has 0 unspecified atom stereocenters. The van der Waals surface area contributed by atoms with Crippen LogP contribution in [0.4, 0.5) is 0 Å². The zero-order valence-corrected chi connectivity index (χ0v) is 15.6. The quantitative estimate of drug-likeness (QED) is 0.516. The molecule has 0 bridgehead atoms. The maximum absolute atomic E-state index is 2.77. The minimum Gasteiger partial charge on any atom is -0.0625 e. The van der Waals surface area contributed by atoms with Crippen molar-refractivity contribution in [2.24, 2.45) is 35.0 Å². The highest BCUT2D eigenvalue weighted by Gasteiger charge is 2.47. The lowest BCUT2D eigenvalue weighted by molar-refractivity contribution is -0.0405. The third-order valence-electron chi connectivity index (χ3n) is 8.28. The van der Waals surface area contributed by atoms with Crippen molar-refractivity contribution in [3.63, 3.8) is 0 Å². The zero-order valence-electron chi connectivity index (χ0n) is 15.6. The number of rotatable bonds is 3. The Kier molecular flexibility index (Phi) is 5.56. The normalized spacial score (nSPS) is 41.0. The molecule has 3 fully saturated rings. The molecule has 3 aliphatic rings. The first-order valence-corrected chi connectivity index (χ1v) is 10.6. The summed E-state index contributed by atoms with van der Waals surface area (Å²) in [6, 6.07) is 0. The highest BCUT2D eigenvalue weighted by molar-refractivity contribution is 4.97. The van der Waals surface area contributed by atoms with Gasteiger partial charge < -0.3 is 0 Å². The second-order valence-electron chi connectivity index (χ2n) is 9.61. The molecule has 128 valence electrons. The van der Waals surface area contributed by atoms with Gasteiger partial charge in [0, 0.05) is 0 Å². The van der Waals surface area contributed by atoms with Crippen LogP contribution in [-0.4, -0.2) is 0 Å². The van der Waals surface area contributed by atoms with Crippen molar-refractivity contribution < 1.29 is 0 Å². The Morgan fingerprint density at radius 2 is 0.864 bits per heavy atom. The SMILES string of the molecule is CC1CCC(C(C)(C2CCCCC2)C2CCC(C)CC2)CC1. The molecule has 0 saturated heterocycles. The summed E-state index contributed by atoms with van der Waals surface area (Å²) in [4.78, 5) is 0. The Morgan fingerprint density at radius 3 is 1.27 bits per heavy atom. The van der Waals surface area contributed by atoms with Crippen LogP contribution in [-0.2, 0) is 0 Å². The summed E-state index contributed by atoms with van der Waals surface area (Å²) in [6.45, 7) is 7.73. The summed E-state index contributed by atoms with van der Waals surface area (Å²) in [5, 5.41) is 0. The maximum Gasteiger partial charge on any atom is -0.0241 e. The van der Waals surface area contributed by atoms with Crippen LogP contribution in [0.1, 0.15) is 104 Å². The van der Waals surface area contributed by atoms with Crippen molar-refractivity contribution >= 4 is 0 Å². The van der Waals surface area contributed by atoms with Crippen LogP contribution < -0.4 is 0 Å². The standard InChI is InChI=1S/C22H40/c1-17-9-13-20(14-10-17)22(3,19-7-5-4-6-8-19)21-15-11-18(2)12-16-21/h17-21H,4-16H2,1-3H3. The van der Waals surface area contributed by atoms with Gasteiger partial charge in [0.15, 0.2) is 0 Å². The minimum atomic E-state index is 0.681. The fraction of sp³-hybridized carbons (Fsp3) is 1.00. The van der Waals surface area contributed by atoms with Crippen LogP contribution in [0.15, 0.2) is 0 Å². The molecule has 0 heteroatoms. The van der Waals surface area contributed by atoms with E-state index in [9.17, 15) is 0 Å². The molecule has 0 aromatic heterocycles. The van der Waals surface area contributed by atoms with Crippen LogP contribution in [0.3, 0.4) is 0 Å². The number of hydrogen-bond donors (Lipinski definition) is 0. The van der Waals surface area contributed by atoms with Crippen molar-refractivity contribution in [3.8, 4) is 0 Å². The maximum atomic E-state index is 2.77. The molecule has 22 heavy (non-hydrogen) atoms. The molecule has 3 aliphatic carbocycles. The predicted octanol–water partition coefficient (Wildman–Crippen LogP) is 7.23. The van der Waals surface area contributed by atoms with Gasteiger partial charge in [-0.05, 0) is 73.5 Å². The Hall–Kier alpha value is 0. The van der Waals surface area contributed by atoms with Gasteiger partial charge >= 0.3 is 0 Å². The van der Waals surface area contributed by atoms with E-state index in [0.29, 0.717) is 5.41 Å². The molecule has 0 nitrogen and oxygen atoms in total. The van der Waals surface area contributed by atoms with Gasteiger partial charge in [-0.2, -0.15) is 0 Å². The lowest BCUT2D eigenvalue weighted by Crippen LogP contribution is -2.45. The fourth-order valence-electron chi connectivity index (χ4n) is 6.49. The first-order valence-electron chi connectivity index (χ1n) is 10.6. The third kappa shape index (κ3) is 3.41. The van der Waals surface area contributed by atoms with Gasteiger partial charge in [-0.25, -0.2) is 0 Å². The zero-order chi connectivity index (χ0) is 15.6. The molecule has 0 aromatic carbocycles. The predicted molar refractivity (Wildman–Crippen MR) is 96.9 cm³/mol. The van der Waals surface area contributed by atoms with E-state index in [0.717, 1.165) is 29.6 Å². The van der Waals surface area contributed by atoms with Gasteiger partial charge in [0.2, 0.25) is 0 Å². The van der Waals surface area contributed by atoms with Crippen molar-refractivity contribution in [2.45, 2.75) is 104 Å². The molecule has 0 atom stereocenters. The minimum absolute atomic E-state index is 0.681. The summed E-state index contributed by atoms with van der Waals surface area (Å²) in [6.07, 6.45) is 19.9. The third-order valence-corrected chi connectivity index (χ3v) is 8.28. The second kappa shape index (κ2) is 7.27. The molecule has 3 rings (SSSR count). The molecule has 0 spiro atoms. The first-order chi connectivity index (χ1) is 10.6. The van der Waals surface area contributed by atoms with E-state index in [1.807, 2.05) is 0 Å². The van der Waals surface area contributed by atoms with Gasteiger partial charge in [0.1, 0.15) is 0 Å². The van der Waals surface area contributed by atoms with E-state index < -0.39 is 0 Å². The van der Waals surface area contributed by atoms with Crippen LogP contribution in [0, 0.1) is 35.0 Å². The molecular formula is C22H40. The van der Waals surface area contributed by atoms with Crippen LogP contribution in [0.5, 0.6) is 0 Å². The lowest BCUT2D eigenvalue weighted by atomic mass is 9.51. The Balaban J connectivity index is 1.77. The van der Waals surface area contributed by atoms with E-state index in [1.54, 1.807) is 38.5 Å². The van der Waals surface area contributed by atoms with Gasteiger partial charge in [0.05, 0.1) is 0 Å². The summed E-state index contributed by atoms with van der Waals surface area (Å²) >= 11 is 0. The summed E-state index contributed by atoms with van der Waals surface area (Å²) < 4.78 is 0. The van der Waals surface area contributed by atoms with E-state index in [1.165, 1.54) is 44.9 Å². The van der Waals surface area contributed by atoms with Gasteiger partial charge in [-0.15, -0.1) is 0 Å². The van der Waals surface area contributed by atoms with E-state index in [4.69, 9.17) is 0 Å². The monoisotopic (exact) mass is 304 g/mol. The fourth-order valence-corrected chi connectivity index (χ4v) is 6.49. The molecule has 0 aliphatic heterocycles.